The van der Waals surface area contributed by atoms with Crippen molar-refractivity contribution in [1.29, 1.82) is 0 Å². The fraction of sp³-hybridized carbons (Fsp3) is 0.261. The van der Waals surface area contributed by atoms with Crippen molar-refractivity contribution in [2.75, 3.05) is 18.2 Å². The Hall–Kier alpha value is -2.84. The molecule has 2 heterocycles. The van der Waals surface area contributed by atoms with Crippen LogP contribution in [0.1, 0.15) is 24.1 Å². The summed E-state index contributed by atoms with van der Waals surface area (Å²) in [4.78, 5) is 18.6. The van der Waals surface area contributed by atoms with Crippen LogP contribution in [-0.4, -0.2) is 33.5 Å². The second-order valence-corrected chi connectivity index (χ2v) is 9.50. The highest BCUT2D eigenvalue weighted by atomic mass is 32.2. The molecular weight excluding hydrogens is 428 g/mol. The lowest BCUT2D eigenvalue weighted by Gasteiger charge is -2.09. The monoisotopic (exact) mass is 450 g/mol. The van der Waals surface area contributed by atoms with Crippen LogP contribution >= 0.6 is 23.1 Å². The molecule has 0 unspecified atom stereocenters. The van der Waals surface area contributed by atoms with E-state index in [1.165, 1.54) is 0 Å². The molecule has 1 amide bonds. The predicted octanol–water partition coefficient (Wildman–Crippen LogP) is 5.10. The number of hydrogen-bond donors (Lipinski definition) is 1. The smallest absolute Gasteiger partial charge is 0.226 e. The van der Waals surface area contributed by atoms with Gasteiger partial charge in [-0.15, -0.1) is 11.8 Å². The first-order valence-corrected chi connectivity index (χ1v) is 12.0. The zero-order valence-corrected chi connectivity index (χ0v) is 18.8. The number of aryl methyl sites for hydroxylation is 1. The number of ether oxygens (including phenoxy) is 1. The summed E-state index contributed by atoms with van der Waals surface area (Å²) in [5, 5.41) is 8.71. The maximum atomic E-state index is 12.8. The largest absolute Gasteiger partial charge is 0.497 e. The SMILES string of the molecule is COc1ccc(SCCC(=O)Nc2c3c(nn2-c2nc4ccccc4s2)CCC3)cc1. The molecule has 0 fully saturated rings. The number of anilines is 1. The van der Waals surface area contributed by atoms with Crippen LogP contribution in [0.25, 0.3) is 15.3 Å². The lowest BCUT2D eigenvalue weighted by Crippen LogP contribution is -2.16. The van der Waals surface area contributed by atoms with E-state index in [2.05, 4.69) is 11.4 Å². The number of thiazole rings is 1. The lowest BCUT2D eigenvalue weighted by molar-refractivity contribution is -0.115. The van der Waals surface area contributed by atoms with Crippen molar-refractivity contribution < 1.29 is 9.53 Å². The minimum atomic E-state index is -0.00188. The Morgan fingerprint density at radius 3 is 2.84 bits per heavy atom. The highest BCUT2D eigenvalue weighted by Gasteiger charge is 2.25. The summed E-state index contributed by atoms with van der Waals surface area (Å²) >= 11 is 3.25. The van der Waals surface area contributed by atoms with Crippen LogP contribution < -0.4 is 10.1 Å². The van der Waals surface area contributed by atoms with Gasteiger partial charge in [-0.2, -0.15) is 9.78 Å². The third-order valence-corrected chi connectivity index (χ3v) is 7.31. The van der Waals surface area contributed by atoms with Crippen LogP contribution in [0.15, 0.2) is 53.4 Å². The zero-order valence-electron chi connectivity index (χ0n) is 17.1. The second-order valence-electron chi connectivity index (χ2n) is 7.33. The molecule has 8 heteroatoms. The van der Waals surface area contributed by atoms with Gasteiger partial charge in [0.25, 0.3) is 0 Å². The van der Waals surface area contributed by atoms with Gasteiger partial charge in [-0.25, -0.2) is 4.98 Å². The number of fused-ring (bicyclic) bond motifs is 2. The van der Waals surface area contributed by atoms with Gasteiger partial charge >= 0.3 is 0 Å². The Labute approximate surface area is 188 Å². The molecule has 0 aliphatic heterocycles. The molecule has 1 aliphatic rings. The molecule has 0 atom stereocenters. The second kappa shape index (κ2) is 8.72. The van der Waals surface area contributed by atoms with Gasteiger partial charge in [0.2, 0.25) is 11.0 Å². The number of nitrogens with one attached hydrogen (secondary N) is 1. The van der Waals surface area contributed by atoms with E-state index in [4.69, 9.17) is 14.8 Å². The molecule has 0 saturated heterocycles. The molecule has 2 aromatic heterocycles. The van der Waals surface area contributed by atoms with Gasteiger partial charge in [0.05, 0.1) is 23.0 Å². The first-order valence-electron chi connectivity index (χ1n) is 10.2. The van der Waals surface area contributed by atoms with E-state index in [9.17, 15) is 4.79 Å². The number of nitrogens with zero attached hydrogens (tertiary/aromatic N) is 3. The molecule has 158 valence electrons. The summed E-state index contributed by atoms with van der Waals surface area (Å²) in [7, 11) is 1.66. The number of carbonyl (C=O) groups excluding carboxylic acids is 1. The number of para-hydroxylation sites is 1. The normalized spacial score (nSPS) is 12.8. The number of thioether (sulfide) groups is 1. The fourth-order valence-corrected chi connectivity index (χ4v) is 5.51. The lowest BCUT2D eigenvalue weighted by atomic mass is 10.2. The summed E-state index contributed by atoms with van der Waals surface area (Å²) < 4.78 is 8.12. The van der Waals surface area contributed by atoms with E-state index in [1.807, 2.05) is 47.1 Å². The van der Waals surface area contributed by atoms with Crippen LogP contribution in [0.2, 0.25) is 0 Å². The van der Waals surface area contributed by atoms with Gasteiger partial charge in [-0.1, -0.05) is 23.5 Å². The van der Waals surface area contributed by atoms with Crippen LogP contribution in [0.4, 0.5) is 5.82 Å². The standard InChI is InChI=1S/C23H22N4O2S2/c1-29-15-9-11-16(12-10-15)30-14-13-21(28)25-22-17-5-4-7-18(17)26-27(22)23-24-19-6-2-3-8-20(19)31-23/h2-3,6,8-12H,4-5,7,13-14H2,1H3,(H,25,28). The van der Waals surface area contributed by atoms with Crippen molar-refractivity contribution in [2.45, 2.75) is 30.6 Å². The summed E-state index contributed by atoms with van der Waals surface area (Å²) in [6.07, 6.45) is 3.39. The number of carbonyl (C=O) groups is 1. The first-order chi connectivity index (χ1) is 15.2. The molecule has 2 aromatic carbocycles. The van der Waals surface area contributed by atoms with Gasteiger partial charge < -0.3 is 10.1 Å². The van der Waals surface area contributed by atoms with E-state index in [0.29, 0.717) is 12.2 Å². The van der Waals surface area contributed by atoms with Crippen molar-refractivity contribution in [3.8, 4) is 10.9 Å². The van der Waals surface area contributed by atoms with Crippen molar-refractivity contribution >= 4 is 45.0 Å². The molecule has 0 bridgehead atoms. The number of rotatable bonds is 7. The topological polar surface area (TPSA) is 69.0 Å². The Morgan fingerprint density at radius 1 is 1.19 bits per heavy atom. The molecule has 5 rings (SSSR count). The molecule has 31 heavy (non-hydrogen) atoms. The van der Waals surface area contributed by atoms with E-state index in [1.54, 1.807) is 30.2 Å². The minimum Gasteiger partial charge on any atom is -0.497 e. The molecule has 4 aromatic rings. The van der Waals surface area contributed by atoms with Gasteiger partial charge in [-0.3, -0.25) is 4.79 Å². The average molecular weight is 451 g/mol. The number of benzene rings is 2. The highest BCUT2D eigenvalue weighted by molar-refractivity contribution is 7.99. The van der Waals surface area contributed by atoms with Gasteiger partial charge in [-0.05, 0) is 55.7 Å². The number of hydrogen-bond acceptors (Lipinski definition) is 6. The third-order valence-electron chi connectivity index (χ3n) is 5.29. The van der Waals surface area contributed by atoms with Crippen molar-refractivity contribution in [2.24, 2.45) is 0 Å². The van der Waals surface area contributed by atoms with Crippen LogP contribution in [-0.2, 0) is 17.6 Å². The van der Waals surface area contributed by atoms with E-state index in [0.717, 1.165) is 62.3 Å². The van der Waals surface area contributed by atoms with E-state index < -0.39 is 0 Å². The first kappa shape index (κ1) is 20.1. The molecule has 0 radical (unpaired) electrons. The molecular formula is C23H22N4O2S2. The molecule has 1 aliphatic carbocycles. The fourth-order valence-electron chi connectivity index (χ4n) is 3.74. The van der Waals surface area contributed by atoms with E-state index >= 15 is 0 Å². The third kappa shape index (κ3) is 4.18. The van der Waals surface area contributed by atoms with Gasteiger partial charge in [0, 0.05) is 22.6 Å². The molecule has 1 N–H and O–H groups in total. The Kier molecular flexibility index (Phi) is 5.65. The average Bonchev–Trinajstić information content (AvgIpc) is 3.49. The number of methoxy groups -OCH3 is 1. The van der Waals surface area contributed by atoms with Crippen LogP contribution in [0.5, 0.6) is 5.75 Å². The van der Waals surface area contributed by atoms with Crippen LogP contribution in [0, 0.1) is 0 Å². The summed E-state index contributed by atoms with van der Waals surface area (Å²) in [5.74, 6) is 2.32. The van der Waals surface area contributed by atoms with Crippen molar-refractivity contribution in [3.05, 3.63) is 59.8 Å². The predicted molar refractivity (Wildman–Crippen MR) is 126 cm³/mol. The Morgan fingerprint density at radius 2 is 2.03 bits per heavy atom. The minimum absolute atomic E-state index is 0.00188. The van der Waals surface area contributed by atoms with Gasteiger partial charge in [0.1, 0.15) is 11.6 Å². The highest BCUT2D eigenvalue weighted by Crippen LogP contribution is 2.34. The van der Waals surface area contributed by atoms with Crippen molar-refractivity contribution in [1.82, 2.24) is 14.8 Å². The number of amides is 1. The van der Waals surface area contributed by atoms with Crippen LogP contribution in [0.3, 0.4) is 0 Å². The molecule has 6 nitrogen and oxygen atoms in total. The maximum Gasteiger partial charge on any atom is 0.226 e. The van der Waals surface area contributed by atoms with E-state index in [-0.39, 0.29) is 5.91 Å². The summed E-state index contributed by atoms with van der Waals surface area (Å²) in [6.45, 7) is 0. The Balaban J connectivity index is 1.30. The molecule has 0 saturated carbocycles. The summed E-state index contributed by atoms with van der Waals surface area (Å²) in [5.41, 5.74) is 3.17. The van der Waals surface area contributed by atoms with Crippen molar-refractivity contribution in [3.63, 3.8) is 0 Å². The quantitative estimate of drug-likeness (QED) is 0.397. The zero-order chi connectivity index (χ0) is 21.2. The maximum absolute atomic E-state index is 12.8. The summed E-state index contributed by atoms with van der Waals surface area (Å²) in [6, 6.07) is 15.9. The molecule has 0 spiro atoms. The number of aromatic nitrogens is 3. The Bertz CT molecular complexity index is 1200. The van der Waals surface area contributed by atoms with Gasteiger partial charge in [0.15, 0.2) is 0 Å².